The van der Waals surface area contributed by atoms with E-state index in [9.17, 15) is 0 Å². The van der Waals surface area contributed by atoms with Crippen molar-refractivity contribution < 1.29 is 0 Å². The molecule has 0 amide bonds. The molecule has 1 aliphatic heterocycles. The Morgan fingerprint density at radius 1 is 1.15 bits per heavy atom. The van der Waals surface area contributed by atoms with Gasteiger partial charge in [0.2, 0.25) is 0 Å². The lowest BCUT2D eigenvalue weighted by Crippen LogP contribution is -2.35. The van der Waals surface area contributed by atoms with Gasteiger partial charge in [-0.05, 0) is 37.5 Å². The first-order valence-electron chi connectivity index (χ1n) is 6.96. The van der Waals surface area contributed by atoms with Crippen LogP contribution in [0.4, 0.5) is 0 Å². The van der Waals surface area contributed by atoms with Crippen molar-refractivity contribution in [3.05, 3.63) is 64.7 Å². The molecule has 2 atom stereocenters. The summed E-state index contributed by atoms with van der Waals surface area (Å²) in [6.45, 7) is 4.28. The lowest BCUT2D eigenvalue weighted by atomic mass is 9.96. The Balaban J connectivity index is 1.88. The van der Waals surface area contributed by atoms with Gasteiger partial charge in [0.05, 0.1) is 6.04 Å². The maximum absolute atomic E-state index is 5.86. The van der Waals surface area contributed by atoms with E-state index in [1.807, 2.05) is 11.8 Å². The molecule has 3 heteroatoms. The lowest BCUT2D eigenvalue weighted by molar-refractivity contribution is 0.532. The predicted molar refractivity (Wildman–Crippen MR) is 85.8 cm³/mol. The fourth-order valence-electron chi connectivity index (χ4n) is 3.00. The topological polar surface area (TPSA) is 38.0 Å². The molecule has 104 valence electrons. The van der Waals surface area contributed by atoms with Crippen LogP contribution in [-0.4, -0.2) is 5.25 Å². The molecule has 2 aromatic carbocycles. The average molecular weight is 284 g/mol. The third-order valence-electron chi connectivity index (χ3n) is 3.83. The van der Waals surface area contributed by atoms with Gasteiger partial charge in [0.1, 0.15) is 0 Å². The molecule has 0 bridgehead atoms. The van der Waals surface area contributed by atoms with E-state index in [1.165, 1.54) is 27.1 Å². The summed E-state index contributed by atoms with van der Waals surface area (Å²) in [5.41, 5.74) is 8.34. The highest BCUT2D eigenvalue weighted by Gasteiger charge is 2.29. The highest BCUT2D eigenvalue weighted by atomic mass is 32.2. The van der Waals surface area contributed by atoms with Gasteiger partial charge in [0, 0.05) is 10.1 Å². The van der Waals surface area contributed by atoms with Gasteiger partial charge in [-0.2, -0.15) is 0 Å². The van der Waals surface area contributed by atoms with Gasteiger partial charge in [0.15, 0.2) is 0 Å². The van der Waals surface area contributed by atoms with Crippen molar-refractivity contribution in [3.63, 3.8) is 0 Å². The number of fused-ring (bicyclic) bond motifs is 1. The summed E-state index contributed by atoms with van der Waals surface area (Å²) in [5, 5.41) is 0.457. The number of nitrogens with two attached hydrogens (primary N) is 1. The van der Waals surface area contributed by atoms with Crippen LogP contribution in [-0.2, 0) is 6.42 Å². The Morgan fingerprint density at radius 3 is 2.50 bits per heavy atom. The number of thioether (sulfide) groups is 1. The molecule has 0 aliphatic carbocycles. The zero-order chi connectivity index (χ0) is 14.1. The fraction of sp³-hybridized carbons (Fsp3) is 0.294. The summed E-state index contributed by atoms with van der Waals surface area (Å²) in [7, 11) is 0. The minimum Gasteiger partial charge on any atom is -0.271 e. The van der Waals surface area contributed by atoms with Crippen molar-refractivity contribution in [1.82, 2.24) is 5.43 Å². The molecule has 20 heavy (non-hydrogen) atoms. The van der Waals surface area contributed by atoms with Gasteiger partial charge in [-0.25, -0.2) is 0 Å². The molecule has 0 spiro atoms. The second-order valence-electron chi connectivity index (χ2n) is 5.53. The second-order valence-corrected chi connectivity index (χ2v) is 6.81. The smallest absolute Gasteiger partial charge is 0.0585 e. The van der Waals surface area contributed by atoms with Crippen molar-refractivity contribution in [3.8, 4) is 0 Å². The molecule has 2 unspecified atom stereocenters. The van der Waals surface area contributed by atoms with E-state index < -0.39 is 0 Å². The van der Waals surface area contributed by atoms with Crippen molar-refractivity contribution in [2.24, 2.45) is 5.84 Å². The Bertz CT molecular complexity index is 579. The van der Waals surface area contributed by atoms with Crippen molar-refractivity contribution in [2.75, 3.05) is 0 Å². The normalized spacial score (nSPS) is 18.9. The molecule has 0 fully saturated rings. The van der Waals surface area contributed by atoms with Crippen LogP contribution in [0.3, 0.4) is 0 Å². The summed E-state index contributed by atoms with van der Waals surface area (Å²) in [6.07, 6.45) is 1.07. The standard InChI is InChI=1S/C17H20N2S/c1-11-7-12(2)9-14(8-11)17(19-18)16-10-13-5-3-4-6-15(13)20-16/h3-9,16-17,19H,10,18H2,1-2H3. The van der Waals surface area contributed by atoms with Crippen molar-refractivity contribution in [1.29, 1.82) is 0 Å². The van der Waals surface area contributed by atoms with Crippen LogP contribution in [0.1, 0.15) is 28.3 Å². The minimum atomic E-state index is 0.186. The maximum atomic E-state index is 5.86. The Labute approximate surface area is 124 Å². The van der Waals surface area contributed by atoms with Crippen LogP contribution in [0, 0.1) is 13.8 Å². The first-order valence-corrected chi connectivity index (χ1v) is 7.84. The number of hydrogen-bond donors (Lipinski definition) is 2. The highest BCUT2D eigenvalue weighted by Crippen LogP contribution is 2.42. The van der Waals surface area contributed by atoms with Gasteiger partial charge < -0.3 is 0 Å². The molecule has 3 rings (SSSR count). The summed E-state index contributed by atoms with van der Waals surface area (Å²) in [6, 6.07) is 15.5. The van der Waals surface area contributed by atoms with E-state index >= 15 is 0 Å². The Hall–Kier alpha value is -1.29. The van der Waals surface area contributed by atoms with Crippen LogP contribution in [0.2, 0.25) is 0 Å². The average Bonchev–Trinajstić information content (AvgIpc) is 2.81. The lowest BCUT2D eigenvalue weighted by Gasteiger charge is -2.23. The van der Waals surface area contributed by atoms with E-state index in [1.54, 1.807) is 0 Å². The van der Waals surface area contributed by atoms with Gasteiger partial charge in [0.25, 0.3) is 0 Å². The van der Waals surface area contributed by atoms with Gasteiger partial charge in [-0.3, -0.25) is 11.3 Å². The maximum Gasteiger partial charge on any atom is 0.0585 e. The van der Waals surface area contributed by atoms with Crippen molar-refractivity contribution >= 4 is 11.8 Å². The highest BCUT2D eigenvalue weighted by molar-refractivity contribution is 8.00. The molecule has 3 N–H and O–H groups in total. The zero-order valence-corrected chi connectivity index (χ0v) is 12.7. The van der Waals surface area contributed by atoms with E-state index in [0.29, 0.717) is 5.25 Å². The molecule has 1 heterocycles. The second kappa shape index (κ2) is 5.60. The summed E-state index contributed by atoms with van der Waals surface area (Å²) < 4.78 is 0. The molecule has 1 aliphatic rings. The first kappa shape index (κ1) is 13.7. The third-order valence-corrected chi connectivity index (χ3v) is 5.22. The van der Waals surface area contributed by atoms with E-state index in [-0.39, 0.29) is 6.04 Å². The minimum absolute atomic E-state index is 0.186. The van der Waals surface area contributed by atoms with Gasteiger partial charge in [-0.15, -0.1) is 11.8 Å². The monoisotopic (exact) mass is 284 g/mol. The summed E-state index contributed by atoms with van der Waals surface area (Å²) >= 11 is 1.93. The molecular formula is C17H20N2S. The molecule has 2 aromatic rings. The number of rotatable bonds is 3. The summed E-state index contributed by atoms with van der Waals surface area (Å²) in [4.78, 5) is 1.39. The number of benzene rings is 2. The SMILES string of the molecule is Cc1cc(C)cc(C(NN)C2Cc3ccccc3S2)c1. The molecule has 0 saturated carbocycles. The summed E-state index contributed by atoms with van der Waals surface area (Å²) in [5.74, 6) is 5.86. The van der Waals surface area contributed by atoms with Crippen LogP contribution in [0.15, 0.2) is 47.4 Å². The largest absolute Gasteiger partial charge is 0.271 e. The van der Waals surface area contributed by atoms with Crippen LogP contribution < -0.4 is 11.3 Å². The van der Waals surface area contributed by atoms with E-state index in [4.69, 9.17) is 5.84 Å². The molecule has 0 aromatic heterocycles. The number of nitrogens with one attached hydrogen (secondary N) is 1. The number of hydrogen-bond acceptors (Lipinski definition) is 3. The number of hydrazine groups is 1. The predicted octanol–water partition coefficient (Wildman–Crippen LogP) is 3.52. The number of aryl methyl sites for hydroxylation is 2. The van der Waals surface area contributed by atoms with Crippen LogP contribution in [0.25, 0.3) is 0 Å². The van der Waals surface area contributed by atoms with Gasteiger partial charge in [-0.1, -0.05) is 47.5 Å². The van der Waals surface area contributed by atoms with Crippen molar-refractivity contribution in [2.45, 2.75) is 36.5 Å². The van der Waals surface area contributed by atoms with E-state index in [2.05, 4.69) is 61.7 Å². The Kier molecular flexibility index (Phi) is 3.83. The fourth-order valence-corrected chi connectivity index (χ4v) is 4.42. The van der Waals surface area contributed by atoms with Gasteiger partial charge >= 0.3 is 0 Å². The molecular weight excluding hydrogens is 264 g/mol. The third kappa shape index (κ3) is 2.62. The zero-order valence-electron chi connectivity index (χ0n) is 11.9. The Morgan fingerprint density at radius 2 is 1.85 bits per heavy atom. The van der Waals surface area contributed by atoms with E-state index in [0.717, 1.165) is 6.42 Å². The molecule has 0 radical (unpaired) electrons. The molecule has 0 saturated heterocycles. The molecule has 2 nitrogen and oxygen atoms in total. The van der Waals surface area contributed by atoms with Crippen LogP contribution >= 0.6 is 11.8 Å². The quantitative estimate of drug-likeness (QED) is 0.669. The van der Waals surface area contributed by atoms with Crippen LogP contribution in [0.5, 0.6) is 0 Å². The first-order chi connectivity index (χ1) is 9.67.